The summed E-state index contributed by atoms with van der Waals surface area (Å²) in [7, 11) is 0. The highest BCUT2D eigenvalue weighted by Crippen LogP contribution is 2.44. The second kappa shape index (κ2) is 5.33. The predicted octanol–water partition coefficient (Wildman–Crippen LogP) is 4.34. The van der Waals surface area contributed by atoms with Crippen LogP contribution in [0.4, 0.5) is 0 Å². The van der Waals surface area contributed by atoms with Crippen LogP contribution in [0, 0.1) is 0 Å². The number of halogens is 1. The zero-order valence-electron chi connectivity index (χ0n) is 10.7. The minimum atomic E-state index is 0.179. The largest absolute Gasteiger partial charge is 0.477 e. The van der Waals surface area contributed by atoms with Crippen LogP contribution in [-0.4, -0.2) is 11.6 Å². The van der Waals surface area contributed by atoms with Crippen LogP contribution in [0.25, 0.3) is 0 Å². The van der Waals surface area contributed by atoms with E-state index >= 15 is 0 Å². The van der Waals surface area contributed by atoms with Crippen molar-refractivity contribution >= 4 is 15.9 Å². The van der Waals surface area contributed by atoms with Gasteiger partial charge in [-0.1, -0.05) is 40.5 Å². The molecular formula is C16H16BrNO. The lowest BCUT2D eigenvalue weighted by atomic mass is 9.65. The van der Waals surface area contributed by atoms with Gasteiger partial charge in [0.05, 0.1) is 6.61 Å². The molecule has 1 heterocycles. The van der Waals surface area contributed by atoms with Crippen molar-refractivity contribution in [3.63, 3.8) is 0 Å². The van der Waals surface area contributed by atoms with E-state index in [0.29, 0.717) is 12.5 Å². The van der Waals surface area contributed by atoms with Gasteiger partial charge in [0.1, 0.15) is 0 Å². The molecule has 1 fully saturated rings. The van der Waals surface area contributed by atoms with Gasteiger partial charge in [0, 0.05) is 22.2 Å². The predicted molar refractivity (Wildman–Crippen MR) is 79.4 cm³/mol. The van der Waals surface area contributed by atoms with E-state index < -0.39 is 0 Å². The van der Waals surface area contributed by atoms with Crippen molar-refractivity contribution in [1.29, 1.82) is 0 Å². The van der Waals surface area contributed by atoms with Crippen molar-refractivity contribution < 1.29 is 4.74 Å². The van der Waals surface area contributed by atoms with Gasteiger partial charge in [-0.25, -0.2) is 4.98 Å². The Morgan fingerprint density at radius 2 is 1.89 bits per heavy atom. The van der Waals surface area contributed by atoms with E-state index in [9.17, 15) is 0 Å². The van der Waals surface area contributed by atoms with Crippen LogP contribution in [0.5, 0.6) is 5.88 Å². The summed E-state index contributed by atoms with van der Waals surface area (Å²) in [6.45, 7) is 0.714. The zero-order chi connectivity index (χ0) is 13.1. The molecule has 1 aromatic carbocycles. The number of aromatic nitrogens is 1. The summed E-state index contributed by atoms with van der Waals surface area (Å²) in [5.41, 5.74) is 1.55. The van der Waals surface area contributed by atoms with Crippen molar-refractivity contribution in [3.05, 3.63) is 58.7 Å². The fourth-order valence-corrected chi connectivity index (χ4v) is 2.83. The quantitative estimate of drug-likeness (QED) is 0.836. The van der Waals surface area contributed by atoms with E-state index in [1.54, 1.807) is 6.20 Å². The fraction of sp³-hybridized carbons (Fsp3) is 0.312. The maximum atomic E-state index is 5.88. The number of pyridine rings is 1. The Hall–Kier alpha value is -1.35. The third-order valence-corrected chi connectivity index (χ3v) is 4.43. The molecule has 98 valence electrons. The third kappa shape index (κ3) is 2.66. The number of nitrogens with zero attached hydrogens (tertiary/aromatic N) is 1. The van der Waals surface area contributed by atoms with Gasteiger partial charge in [-0.15, -0.1) is 0 Å². The lowest BCUT2D eigenvalue weighted by molar-refractivity contribution is 0.132. The van der Waals surface area contributed by atoms with E-state index in [-0.39, 0.29) is 5.41 Å². The Morgan fingerprint density at radius 3 is 2.47 bits per heavy atom. The van der Waals surface area contributed by atoms with Crippen LogP contribution in [-0.2, 0) is 5.41 Å². The molecule has 0 spiro atoms. The highest BCUT2D eigenvalue weighted by Gasteiger charge is 2.39. The molecule has 1 aliphatic rings. The molecule has 3 rings (SSSR count). The number of ether oxygens (including phenoxy) is 1. The number of benzene rings is 1. The summed E-state index contributed by atoms with van der Waals surface area (Å²) in [4.78, 5) is 4.22. The Balaban J connectivity index is 1.74. The number of hydrogen-bond donors (Lipinski definition) is 0. The van der Waals surface area contributed by atoms with Crippen molar-refractivity contribution in [2.24, 2.45) is 0 Å². The molecule has 0 aliphatic heterocycles. The van der Waals surface area contributed by atoms with Gasteiger partial charge in [-0.05, 0) is 36.6 Å². The highest BCUT2D eigenvalue weighted by molar-refractivity contribution is 9.10. The van der Waals surface area contributed by atoms with Crippen LogP contribution >= 0.6 is 15.9 Å². The van der Waals surface area contributed by atoms with E-state index in [0.717, 1.165) is 4.47 Å². The second-order valence-electron chi connectivity index (χ2n) is 5.10. The summed E-state index contributed by atoms with van der Waals surface area (Å²) in [6.07, 6.45) is 5.44. The molecule has 1 aromatic heterocycles. The van der Waals surface area contributed by atoms with E-state index in [2.05, 4.69) is 45.2 Å². The fourth-order valence-electron chi connectivity index (χ4n) is 2.57. The Labute approximate surface area is 122 Å². The lowest BCUT2D eigenvalue weighted by Gasteiger charge is -2.41. The number of hydrogen-bond acceptors (Lipinski definition) is 2. The van der Waals surface area contributed by atoms with Gasteiger partial charge in [0.15, 0.2) is 0 Å². The molecule has 0 radical (unpaired) electrons. The van der Waals surface area contributed by atoms with Crippen molar-refractivity contribution in [3.8, 4) is 5.88 Å². The summed E-state index contributed by atoms with van der Waals surface area (Å²) in [5.74, 6) is 0.714. The third-order valence-electron chi connectivity index (χ3n) is 3.90. The van der Waals surface area contributed by atoms with Gasteiger partial charge in [-0.3, -0.25) is 0 Å². The maximum absolute atomic E-state index is 5.88. The van der Waals surface area contributed by atoms with Crippen molar-refractivity contribution in [2.75, 3.05) is 6.61 Å². The van der Waals surface area contributed by atoms with Crippen LogP contribution in [0.3, 0.4) is 0 Å². The summed E-state index contributed by atoms with van der Waals surface area (Å²) in [6, 6.07) is 14.4. The second-order valence-corrected chi connectivity index (χ2v) is 6.01. The Morgan fingerprint density at radius 1 is 1.11 bits per heavy atom. The molecule has 0 bridgehead atoms. The zero-order valence-corrected chi connectivity index (χ0v) is 12.3. The van der Waals surface area contributed by atoms with Gasteiger partial charge in [0.25, 0.3) is 0 Å². The SMILES string of the molecule is Brc1ccc(C2(COc3ccccn3)CCC2)cc1. The van der Waals surface area contributed by atoms with E-state index in [1.807, 2.05) is 18.2 Å². The first-order valence-electron chi connectivity index (χ1n) is 6.58. The average molecular weight is 318 g/mol. The molecule has 0 N–H and O–H groups in total. The minimum absolute atomic E-state index is 0.179. The molecular weight excluding hydrogens is 302 g/mol. The molecule has 0 unspecified atom stereocenters. The highest BCUT2D eigenvalue weighted by atomic mass is 79.9. The van der Waals surface area contributed by atoms with Gasteiger partial charge in [-0.2, -0.15) is 0 Å². The molecule has 1 saturated carbocycles. The lowest BCUT2D eigenvalue weighted by Crippen LogP contribution is -2.40. The maximum Gasteiger partial charge on any atom is 0.213 e. The van der Waals surface area contributed by atoms with Crippen LogP contribution in [0.2, 0.25) is 0 Å². The van der Waals surface area contributed by atoms with Gasteiger partial charge >= 0.3 is 0 Å². The van der Waals surface area contributed by atoms with Gasteiger partial charge < -0.3 is 4.74 Å². The molecule has 0 amide bonds. The molecule has 2 nitrogen and oxygen atoms in total. The molecule has 19 heavy (non-hydrogen) atoms. The summed E-state index contributed by atoms with van der Waals surface area (Å²) in [5, 5.41) is 0. The van der Waals surface area contributed by atoms with Crippen molar-refractivity contribution in [2.45, 2.75) is 24.7 Å². The normalized spacial score (nSPS) is 16.7. The summed E-state index contributed by atoms with van der Waals surface area (Å²) >= 11 is 3.49. The van der Waals surface area contributed by atoms with Crippen LogP contribution in [0.1, 0.15) is 24.8 Å². The van der Waals surface area contributed by atoms with Crippen molar-refractivity contribution in [1.82, 2.24) is 4.98 Å². The molecule has 1 aliphatic carbocycles. The first-order valence-corrected chi connectivity index (χ1v) is 7.38. The first-order chi connectivity index (χ1) is 9.28. The average Bonchev–Trinajstić information content (AvgIpc) is 2.41. The molecule has 3 heteroatoms. The molecule has 0 atom stereocenters. The summed E-state index contributed by atoms with van der Waals surface area (Å²) < 4.78 is 7.00. The van der Waals surface area contributed by atoms with Gasteiger partial charge in [0.2, 0.25) is 5.88 Å². The molecule has 2 aromatic rings. The van der Waals surface area contributed by atoms with Crippen LogP contribution < -0.4 is 4.74 Å². The smallest absolute Gasteiger partial charge is 0.213 e. The van der Waals surface area contributed by atoms with E-state index in [4.69, 9.17) is 4.74 Å². The van der Waals surface area contributed by atoms with E-state index in [1.165, 1.54) is 24.8 Å². The topological polar surface area (TPSA) is 22.1 Å². The standard InChI is InChI=1S/C16H16BrNO/c17-14-7-5-13(6-8-14)16(9-3-10-16)12-19-15-4-1-2-11-18-15/h1-2,4-8,11H,3,9-10,12H2. The monoisotopic (exact) mass is 317 g/mol. The first kappa shape index (κ1) is 12.7. The minimum Gasteiger partial charge on any atom is -0.477 e. The Bertz CT molecular complexity index is 534. The number of rotatable bonds is 4. The van der Waals surface area contributed by atoms with Crippen LogP contribution in [0.15, 0.2) is 53.1 Å². The Kier molecular flexibility index (Phi) is 3.56. The molecule has 0 saturated heterocycles.